The maximum Gasteiger partial charge on any atom is 0.263 e. The minimum absolute atomic E-state index is 0.121. The third-order valence-corrected chi connectivity index (χ3v) is 4.39. The maximum absolute atomic E-state index is 12.1. The van der Waals surface area contributed by atoms with Gasteiger partial charge < -0.3 is 11.1 Å². The van der Waals surface area contributed by atoms with E-state index in [1.807, 2.05) is 14.0 Å². The number of anilines is 1. The number of amides is 1. The zero-order chi connectivity index (χ0) is 14.7. The molecule has 5 nitrogen and oxygen atoms in total. The SMILES string of the molecule is C#CCCCCNC(=O)c1sc2c(c(C)nn2C)c1N. The van der Waals surface area contributed by atoms with Crippen LogP contribution in [-0.2, 0) is 7.05 Å². The van der Waals surface area contributed by atoms with Gasteiger partial charge in [-0.15, -0.1) is 23.7 Å². The standard InChI is InChI=1S/C14H18N4OS/c1-4-5-6-7-8-16-13(19)12-11(15)10-9(2)17-18(3)14(10)20-12/h1H,5-8,15H2,2-3H3,(H,16,19). The highest BCUT2D eigenvalue weighted by molar-refractivity contribution is 7.21. The molecule has 0 spiro atoms. The van der Waals surface area contributed by atoms with Gasteiger partial charge in [0, 0.05) is 20.0 Å². The third kappa shape index (κ3) is 2.63. The summed E-state index contributed by atoms with van der Waals surface area (Å²) in [6.45, 7) is 2.51. The number of terminal acetylenes is 1. The van der Waals surface area contributed by atoms with E-state index in [1.165, 1.54) is 11.3 Å². The van der Waals surface area contributed by atoms with Crippen LogP contribution in [0.2, 0.25) is 0 Å². The number of unbranched alkanes of at least 4 members (excludes halogenated alkanes) is 2. The Hall–Kier alpha value is -2.00. The fraction of sp³-hybridized carbons (Fsp3) is 0.429. The van der Waals surface area contributed by atoms with Crippen molar-refractivity contribution in [2.45, 2.75) is 26.2 Å². The number of fused-ring (bicyclic) bond motifs is 1. The summed E-state index contributed by atoms with van der Waals surface area (Å²) < 4.78 is 1.76. The molecule has 1 amide bonds. The Balaban J connectivity index is 2.09. The molecular weight excluding hydrogens is 272 g/mol. The normalized spacial score (nSPS) is 10.7. The quantitative estimate of drug-likeness (QED) is 0.654. The number of nitrogen functional groups attached to an aromatic ring is 1. The van der Waals surface area contributed by atoms with Crippen molar-refractivity contribution in [1.82, 2.24) is 15.1 Å². The molecule has 2 heterocycles. The number of nitrogens with one attached hydrogen (secondary N) is 1. The molecule has 6 heteroatoms. The summed E-state index contributed by atoms with van der Waals surface area (Å²) in [5, 5.41) is 8.07. The van der Waals surface area contributed by atoms with Crippen molar-refractivity contribution in [2.24, 2.45) is 7.05 Å². The highest BCUT2D eigenvalue weighted by Gasteiger charge is 2.20. The van der Waals surface area contributed by atoms with Gasteiger partial charge in [-0.1, -0.05) is 0 Å². The number of rotatable bonds is 5. The van der Waals surface area contributed by atoms with Gasteiger partial charge in [0.1, 0.15) is 9.71 Å². The number of thiophene rings is 1. The molecule has 3 N–H and O–H groups in total. The molecule has 0 fully saturated rings. The summed E-state index contributed by atoms with van der Waals surface area (Å²) in [7, 11) is 1.85. The molecule has 0 atom stereocenters. The Kier molecular flexibility index (Phi) is 4.30. The van der Waals surface area contributed by atoms with E-state index in [1.54, 1.807) is 4.68 Å². The molecule has 0 unspecified atom stereocenters. The van der Waals surface area contributed by atoms with Crippen LogP contribution in [0.3, 0.4) is 0 Å². The minimum atomic E-state index is -0.121. The summed E-state index contributed by atoms with van der Waals surface area (Å²) in [6.07, 6.45) is 7.72. The van der Waals surface area contributed by atoms with E-state index in [-0.39, 0.29) is 5.91 Å². The van der Waals surface area contributed by atoms with Crippen LogP contribution in [-0.4, -0.2) is 22.2 Å². The number of aryl methyl sites for hydroxylation is 2. The fourth-order valence-corrected chi connectivity index (χ4v) is 3.24. The number of nitrogens with two attached hydrogens (primary N) is 1. The topological polar surface area (TPSA) is 72.9 Å². The number of hydrogen-bond acceptors (Lipinski definition) is 4. The number of carbonyl (C=O) groups excluding carboxylic acids is 1. The summed E-state index contributed by atoms with van der Waals surface area (Å²) >= 11 is 1.38. The van der Waals surface area contributed by atoms with Gasteiger partial charge in [0.15, 0.2) is 0 Å². The van der Waals surface area contributed by atoms with E-state index in [9.17, 15) is 4.79 Å². The number of aromatic nitrogens is 2. The second-order valence-corrected chi connectivity index (χ2v) is 5.65. The van der Waals surface area contributed by atoms with E-state index in [0.29, 0.717) is 17.1 Å². The molecule has 2 rings (SSSR count). The monoisotopic (exact) mass is 290 g/mol. The van der Waals surface area contributed by atoms with Crippen molar-refractivity contribution >= 4 is 33.1 Å². The van der Waals surface area contributed by atoms with Gasteiger partial charge in [-0.05, 0) is 19.8 Å². The first-order valence-electron chi connectivity index (χ1n) is 6.49. The van der Waals surface area contributed by atoms with Crippen molar-refractivity contribution in [3.05, 3.63) is 10.6 Å². The molecule has 20 heavy (non-hydrogen) atoms. The van der Waals surface area contributed by atoms with Gasteiger partial charge in [0.2, 0.25) is 0 Å². The molecule has 0 aliphatic heterocycles. The van der Waals surface area contributed by atoms with E-state index < -0.39 is 0 Å². The van der Waals surface area contributed by atoms with Crippen LogP contribution in [0.25, 0.3) is 10.2 Å². The lowest BCUT2D eigenvalue weighted by molar-refractivity contribution is 0.0958. The molecule has 0 aliphatic rings. The van der Waals surface area contributed by atoms with Crippen LogP contribution in [0, 0.1) is 19.3 Å². The number of nitrogens with zero attached hydrogens (tertiary/aromatic N) is 2. The first-order valence-corrected chi connectivity index (χ1v) is 7.31. The Morgan fingerprint density at radius 1 is 1.55 bits per heavy atom. The smallest absolute Gasteiger partial charge is 0.263 e. The maximum atomic E-state index is 12.1. The predicted octanol–water partition coefficient (Wildman–Crippen LogP) is 2.06. The Labute approximate surface area is 122 Å². The van der Waals surface area contributed by atoms with Crippen LogP contribution in [0.15, 0.2) is 0 Å². The first-order chi connectivity index (χ1) is 9.56. The highest BCUT2D eigenvalue weighted by atomic mass is 32.1. The lowest BCUT2D eigenvalue weighted by Crippen LogP contribution is -2.24. The number of hydrogen-bond donors (Lipinski definition) is 2. The van der Waals surface area contributed by atoms with Crippen molar-refractivity contribution in [2.75, 3.05) is 12.3 Å². The van der Waals surface area contributed by atoms with Gasteiger partial charge in [-0.25, -0.2) is 0 Å². The Morgan fingerprint density at radius 2 is 2.30 bits per heavy atom. The molecule has 0 radical (unpaired) electrons. The van der Waals surface area contributed by atoms with Gasteiger partial charge >= 0.3 is 0 Å². The Bertz CT molecular complexity index is 677. The molecule has 0 saturated heterocycles. The second kappa shape index (κ2) is 5.97. The molecule has 0 aliphatic carbocycles. The summed E-state index contributed by atoms with van der Waals surface area (Å²) in [5.74, 6) is 2.46. The molecule has 106 valence electrons. The molecule has 0 aromatic carbocycles. The molecule has 2 aromatic rings. The minimum Gasteiger partial charge on any atom is -0.397 e. The van der Waals surface area contributed by atoms with Gasteiger partial charge in [-0.2, -0.15) is 5.10 Å². The van der Waals surface area contributed by atoms with Gasteiger partial charge in [0.25, 0.3) is 5.91 Å². The van der Waals surface area contributed by atoms with Crippen molar-refractivity contribution < 1.29 is 4.79 Å². The average Bonchev–Trinajstić information content (AvgIpc) is 2.89. The lowest BCUT2D eigenvalue weighted by atomic mass is 10.2. The summed E-state index contributed by atoms with van der Waals surface area (Å²) in [6, 6.07) is 0. The van der Waals surface area contributed by atoms with Gasteiger partial charge in [-0.3, -0.25) is 9.48 Å². The van der Waals surface area contributed by atoms with E-state index in [2.05, 4.69) is 16.3 Å². The van der Waals surface area contributed by atoms with E-state index >= 15 is 0 Å². The van der Waals surface area contributed by atoms with Crippen LogP contribution in [0.5, 0.6) is 0 Å². The van der Waals surface area contributed by atoms with Crippen LogP contribution < -0.4 is 11.1 Å². The van der Waals surface area contributed by atoms with E-state index in [4.69, 9.17) is 12.2 Å². The number of carbonyl (C=O) groups is 1. The zero-order valence-electron chi connectivity index (χ0n) is 11.7. The molecule has 2 aromatic heterocycles. The van der Waals surface area contributed by atoms with Crippen molar-refractivity contribution in [3.8, 4) is 12.3 Å². The fourth-order valence-electron chi connectivity index (χ4n) is 2.13. The highest BCUT2D eigenvalue weighted by Crippen LogP contribution is 2.35. The molecule has 0 saturated carbocycles. The van der Waals surface area contributed by atoms with Crippen LogP contribution in [0.1, 0.15) is 34.6 Å². The largest absolute Gasteiger partial charge is 0.397 e. The van der Waals surface area contributed by atoms with E-state index in [0.717, 1.165) is 35.2 Å². The van der Waals surface area contributed by atoms with Crippen molar-refractivity contribution in [3.63, 3.8) is 0 Å². The predicted molar refractivity (Wildman–Crippen MR) is 82.8 cm³/mol. The second-order valence-electron chi connectivity index (χ2n) is 4.65. The molecular formula is C14H18N4OS. The molecule has 0 bridgehead atoms. The summed E-state index contributed by atoms with van der Waals surface area (Å²) in [5.41, 5.74) is 7.45. The lowest BCUT2D eigenvalue weighted by Gasteiger charge is -2.03. The summed E-state index contributed by atoms with van der Waals surface area (Å²) in [4.78, 5) is 13.6. The van der Waals surface area contributed by atoms with Crippen molar-refractivity contribution in [1.29, 1.82) is 0 Å². The van der Waals surface area contributed by atoms with Crippen LogP contribution >= 0.6 is 11.3 Å². The Morgan fingerprint density at radius 3 is 2.95 bits per heavy atom. The van der Waals surface area contributed by atoms with Crippen LogP contribution in [0.4, 0.5) is 5.69 Å². The average molecular weight is 290 g/mol. The third-order valence-electron chi connectivity index (χ3n) is 3.12. The first kappa shape index (κ1) is 14.4. The van der Waals surface area contributed by atoms with Gasteiger partial charge in [0.05, 0.1) is 16.8 Å². The zero-order valence-corrected chi connectivity index (χ0v) is 12.5.